The number of halogens is 2. The Morgan fingerprint density at radius 3 is 2.68 bits per heavy atom. The van der Waals surface area contributed by atoms with Crippen LogP contribution in [0.2, 0.25) is 0 Å². The number of benzene rings is 1. The van der Waals surface area contributed by atoms with Gasteiger partial charge in [-0.3, -0.25) is 4.79 Å². The fourth-order valence-electron chi connectivity index (χ4n) is 2.69. The molecule has 1 heterocycles. The van der Waals surface area contributed by atoms with E-state index in [2.05, 4.69) is 11.9 Å². The molecule has 0 bridgehead atoms. The lowest BCUT2D eigenvalue weighted by Crippen LogP contribution is -2.49. The van der Waals surface area contributed by atoms with Gasteiger partial charge in [0.05, 0.1) is 7.11 Å². The van der Waals surface area contributed by atoms with Crippen molar-refractivity contribution in [3.8, 4) is 0 Å². The number of nitrogens with one attached hydrogen (secondary N) is 1. The highest BCUT2D eigenvalue weighted by atomic mass is 19.1. The minimum atomic E-state index is -1.07. The summed E-state index contributed by atoms with van der Waals surface area (Å²) in [4.78, 5) is 26.1. The van der Waals surface area contributed by atoms with Crippen LogP contribution in [0.25, 0.3) is 0 Å². The molecule has 0 saturated heterocycles. The Labute approximate surface area is 145 Å². The number of carbonyl (C=O) groups is 2. The minimum absolute atomic E-state index is 0.117. The molecule has 7 heteroatoms. The lowest BCUT2D eigenvalue weighted by atomic mass is 10.1. The van der Waals surface area contributed by atoms with E-state index in [1.54, 1.807) is 6.08 Å². The maximum Gasteiger partial charge on any atom is 0.330 e. The van der Waals surface area contributed by atoms with Gasteiger partial charge in [0.25, 0.3) is 5.91 Å². The summed E-state index contributed by atoms with van der Waals surface area (Å²) >= 11 is 0. The van der Waals surface area contributed by atoms with E-state index in [4.69, 9.17) is 4.74 Å². The van der Waals surface area contributed by atoms with Crippen LogP contribution in [-0.2, 0) is 9.53 Å². The molecule has 1 aromatic carbocycles. The second-order valence-corrected chi connectivity index (χ2v) is 5.57. The molecule has 1 aliphatic rings. The Bertz CT molecular complexity index is 683. The van der Waals surface area contributed by atoms with Gasteiger partial charge in [-0.15, -0.1) is 0 Å². The van der Waals surface area contributed by atoms with E-state index in [1.807, 2.05) is 11.0 Å². The summed E-state index contributed by atoms with van der Waals surface area (Å²) in [6.07, 6.45) is 5.42. The van der Waals surface area contributed by atoms with Crippen LogP contribution < -0.4 is 5.32 Å². The van der Waals surface area contributed by atoms with Crippen LogP contribution in [0, 0.1) is 11.6 Å². The molecule has 134 valence electrons. The molecular formula is C18H20F2N2O3. The number of carbonyl (C=O) groups excluding carboxylic acids is 2. The van der Waals surface area contributed by atoms with Gasteiger partial charge in [-0.05, 0) is 31.1 Å². The predicted octanol–water partition coefficient (Wildman–Crippen LogP) is 2.40. The first-order valence-corrected chi connectivity index (χ1v) is 7.88. The van der Waals surface area contributed by atoms with Crippen molar-refractivity contribution in [3.63, 3.8) is 0 Å². The van der Waals surface area contributed by atoms with Crippen LogP contribution in [0.4, 0.5) is 8.78 Å². The summed E-state index contributed by atoms with van der Waals surface area (Å²) in [5, 5.41) is 2.36. The molecule has 1 N–H and O–H groups in total. The number of amides is 1. The van der Waals surface area contributed by atoms with Gasteiger partial charge in [0, 0.05) is 18.8 Å². The molecule has 25 heavy (non-hydrogen) atoms. The highest BCUT2D eigenvalue weighted by Gasteiger charge is 2.28. The summed E-state index contributed by atoms with van der Waals surface area (Å²) in [5.74, 6) is -3.69. The number of rotatable bonds is 6. The standard InChI is InChI=1S/C18H20F2N2O3/c1-3-12-7-4-5-10-22(12)11-15(18(24)25-2)21-17(23)16-13(19)8-6-9-14(16)20/h3,6-9,15H,1,4-5,10-11H2,2H3,(H,21,23). The molecule has 0 spiro atoms. The highest BCUT2D eigenvalue weighted by Crippen LogP contribution is 2.17. The number of esters is 1. The summed E-state index contributed by atoms with van der Waals surface area (Å²) in [7, 11) is 1.19. The summed E-state index contributed by atoms with van der Waals surface area (Å²) < 4.78 is 32.2. The van der Waals surface area contributed by atoms with E-state index in [1.165, 1.54) is 7.11 Å². The maximum absolute atomic E-state index is 13.8. The highest BCUT2D eigenvalue weighted by molar-refractivity contribution is 5.97. The monoisotopic (exact) mass is 350 g/mol. The van der Waals surface area contributed by atoms with Gasteiger partial charge in [0.2, 0.25) is 0 Å². The second-order valence-electron chi connectivity index (χ2n) is 5.57. The second kappa shape index (κ2) is 8.41. The molecule has 1 unspecified atom stereocenters. The van der Waals surface area contributed by atoms with E-state index in [-0.39, 0.29) is 6.54 Å². The minimum Gasteiger partial charge on any atom is -0.467 e. The van der Waals surface area contributed by atoms with Crippen molar-refractivity contribution in [2.75, 3.05) is 20.2 Å². The van der Waals surface area contributed by atoms with E-state index in [0.29, 0.717) is 6.54 Å². The van der Waals surface area contributed by atoms with Crippen molar-refractivity contribution in [2.45, 2.75) is 18.9 Å². The predicted molar refractivity (Wildman–Crippen MR) is 88.7 cm³/mol. The zero-order valence-corrected chi connectivity index (χ0v) is 13.9. The van der Waals surface area contributed by atoms with Gasteiger partial charge in [0.1, 0.15) is 23.2 Å². The third kappa shape index (κ3) is 4.43. The number of methoxy groups -OCH3 is 1. The Kier molecular flexibility index (Phi) is 6.27. The average molecular weight is 350 g/mol. The van der Waals surface area contributed by atoms with Crippen LogP contribution in [-0.4, -0.2) is 43.0 Å². The molecule has 1 aliphatic heterocycles. The van der Waals surface area contributed by atoms with Gasteiger partial charge < -0.3 is 15.0 Å². The molecule has 1 atom stereocenters. The van der Waals surface area contributed by atoms with Crippen LogP contribution in [0.15, 0.2) is 42.6 Å². The molecule has 0 aliphatic carbocycles. The molecule has 5 nitrogen and oxygen atoms in total. The number of nitrogens with zero attached hydrogens (tertiary/aromatic N) is 1. The Hall–Kier alpha value is -2.70. The van der Waals surface area contributed by atoms with Crippen molar-refractivity contribution in [3.05, 3.63) is 59.8 Å². The van der Waals surface area contributed by atoms with Gasteiger partial charge in [-0.25, -0.2) is 13.6 Å². The van der Waals surface area contributed by atoms with E-state index in [9.17, 15) is 18.4 Å². The van der Waals surface area contributed by atoms with Gasteiger partial charge in [-0.2, -0.15) is 0 Å². The average Bonchev–Trinajstić information content (AvgIpc) is 2.60. The Balaban J connectivity index is 2.19. The van der Waals surface area contributed by atoms with Crippen molar-refractivity contribution in [1.29, 1.82) is 0 Å². The lowest BCUT2D eigenvalue weighted by Gasteiger charge is -2.32. The van der Waals surface area contributed by atoms with Crippen molar-refractivity contribution >= 4 is 11.9 Å². The first-order valence-electron chi connectivity index (χ1n) is 7.88. The number of ether oxygens (including phenoxy) is 1. The Morgan fingerprint density at radius 1 is 1.40 bits per heavy atom. The topological polar surface area (TPSA) is 58.6 Å². The van der Waals surface area contributed by atoms with Crippen molar-refractivity contribution < 1.29 is 23.1 Å². The van der Waals surface area contributed by atoms with Crippen molar-refractivity contribution in [1.82, 2.24) is 10.2 Å². The van der Waals surface area contributed by atoms with E-state index < -0.39 is 35.1 Å². The molecule has 0 fully saturated rings. The first-order chi connectivity index (χ1) is 12.0. The third-order valence-corrected chi connectivity index (χ3v) is 3.94. The molecule has 0 radical (unpaired) electrons. The first kappa shape index (κ1) is 18.6. The van der Waals surface area contributed by atoms with Crippen LogP contribution in [0.1, 0.15) is 23.2 Å². The molecule has 0 aromatic heterocycles. The number of allylic oxidation sites excluding steroid dienone is 2. The van der Waals surface area contributed by atoms with E-state index in [0.717, 1.165) is 36.7 Å². The normalized spacial score (nSPS) is 15.2. The molecule has 0 saturated carbocycles. The SMILES string of the molecule is C=CC1=CCCCN1CC(NC(=O)c1c(F)cccc1F)C(=O)OC. The fourth-order valence-corrected chi connectivity index (χ4v) is 2.69. The summed E-state index contributed by atoms with van der Waals surface area (Å²) in [6.45, 7) is 4.52. The summed E-state index contributed by atoms with van der Waals surface area (Å²) in [5.41, 5.74) is 0.112. The van der Waals surface area contributed by atoms with Crippen LogP contribution in [0.5, 0.6) is 0 Å². The van der Waals surface area contributed by atoms with Gasteiger partial charge >= 0.3 is 5.97 Å². The fraction of sp³-hybridized carbons (Fsp3) is 0.333. The Morgan fingerprint density at radius 2 is 2.08 bits per heavy atom. The van der Waals surface area contributed by atoms with Crippen LogP contribution in [0.3, 0.4) is 0 Å². The quantitative estimate of drug-likeness (QED) is 0.801. The molecular weight excluding hydrogens is 330 g/mol. The third-order valence-electron chi connectivity index (χ3n) is 3.94. The van der Waals surface area contributed by atoms with E-state index >= 15 is 0 Å². The maximum atomic E-state index is 13.8. The zero-order chi connectivity index (χ0) is 18.4. The smallest absolute Gasteiger partial charge is 0.330 e. The lowest BCUT2D eigenvalue weighted by molar-refractivity contribution is -0.143. The summed E-state index contributed by atoms with van der Waals surface area (Å²) in [6, 6.07) is 2.05. The van der Waals surface area contributed by atoms with Gasteiger partial charge in [0.15, 0.2) is 0 Å². The van der Waals surface area contributed by atoms with Crippen LogP contribution >= 0.6 is 0 Å². The van der Waals surface area contributed by atoms with Crippen molar-refractivity contribution in [2.24, 2.45) is 0 Å². The molecule has 1 aromatic rings. The number of hydrogen-bond donors (Lipinski definition) is 1. The number of hydrogen-bond acceptors (Lipinski definition) is 4. The zero-order valence-electron chi connectivity index (χ0n) is 13.9. The molecule has 1 amide bonds. The largest absolute Gasteiger partial charge is 0.467 e. The van der Waals surface area contributed by atoms with Gasteiger partial charge in [-0.1, -0.05) is 18.7 Å². The molecule has 2 rings (SSSR count).